The van der Waals surface area contributed by atoms with Gasteiger partial charge in [-0.25, -0.2) is 0 Å². The van der Waals surface area contributed by atoms with Crippen molar-refractivity contribution in [2.45, 2.75) is 43.6 Å². The summed E-state index contributed by atoms with van der Waals surface area (Å²) in [6.45, 7) is 0. The predicted molar refractivity (Wildman–Crippen MR) is 46.1 cm³/mol. The van der Waals surface area contributed by atoms with Crippen molar-refractivity contribution in [1.82, 2.24) is 0 Å². The van der Waals surface area contributed by atoms with E-state index in [1.54, 1.807) is 0 Å². The van der Waals surface area contributed by atoms with E-state index in [-0.39, 0.29) is 17.5 Å². The molecule has 0 aromatic carbocycles. The molecule has 1 saturated heterocycles. The third-order valence-corrected chi connectivity index (χ3v) is 3.37. The van der Waals surface area contributed by atoms with Crippen LogP contribution in [-0.4, -0.2) is 17.5 Å². The minimum Gasteiger partial charge on any atom is -0.461 e. The van der Waals surface area contributed by atoms with Gasteiger partial charge in [-0.3, -0.25) is 4.79 Å². The van der Waals surface area contributed by atoms with Crippen LogP contribution in [0.3, 0.4) is 0 Å². The van der Waals surface area contributed by atoms with Gasteiger partial charge in [0.1, 0.15) is 11.5 Å². The molecule has 0 amide bonds. The van der Waals surface area contributed by atoms with Crippen LogP contribution in [0.5, 0.6) is 0 Å². The molecule has 2 aliphatic rings. The summed E-state index contributed by atoms with van der Waals surface area (Å²) in [7, 11) is 0. The molecule has 68 valence electrons. The largest absolute Gasteiger partial charge is 0.461 e. The van der Waals surface area contributed by atoms with Gasteiger partial charge in [0.05, 0.1) is 0 Å². The fourth-order valence-electron chi connectivity index (χ4n) is 2.17. The molecule has 3 atom stereocenters. The van der Waals surface area contributed by atoms with Gasteiger partial charge >= 0.3 is 5.97 Å². The molecule has 2 nitrogen and oxygen atoms in total. The predicted octanol–water partition coefficient (Wildman–Crippen LogP) is 2.10. The van der Waals surface area contributed by atoms with Crippen LogP contribution in [0.4, 0.5) is 0 Å². The number of fused-ring (bicyclic) bond motifs is 1. The number of rotatable bonds is 0. The van der Waals surface area contributed by atoms with Crippen LogP contribution in [0.25, 0.3) is 0 Å². The monoisotopic (exact) mass is 188 g/mol. The fourth-order valence-corrected chi connectivity index (χ4v) is 2.51. The second-order valence-electron chi connectivity index (χ2n) is 3.68. The van der Waals surface area contributed by atoms with Crippen LogP contribution in [0.2, 0.25) is 0 Å². The highest BCUT2D eigenvalue weighted by molar-refractivity contribution is 6.30. The van der Waals surface area contributed by atoms with E-state index in [0.29, 0.717) is 5.92 Å². The lowest BCUT2D eigenvalue weighted by atomic mass is 9.96. The molecule has 0 aromatic heterocycles. The summed E-state index contributed by atoms with van der Waals surface area (Å²) in [4.78, 5) is 11.1. The molecule has 1 aliphatic carbocycles. The third kappa shape index (κ3) is 1.33. The van der Waals surface area contributed by atoms with Gasteiger partial charge in [0.25, 0.3) is 0 Å². The molecule has 1 heterocycles. The van der Waals surface area contributed by atoms with Crippen LogP contribution in [0.1, 0.15) is 32.1 Å². The average molecular weight is 189 g/mol. The number of hydrogen-bond acceptors (Lipinski definition) is 2. The highest BCUT2D eigenvalue weighted by Gasteiger charge is 2.43. The molecular weight excluding hydrogens is 176 g/mol. The number of alkyl halides is 1. The van der Waals surface area contributed by atoms with Crippen molar-refractivity contribution >= 4 is 17.6 Å². The lowest BCUT2D eigenvalue weighted by Crippen LogP contribution is -2.19. The first-order chi connectivity index (χ1) is 5.79. The zero-order valence-electron chi connectivity index (χ0n) is 6.96. The van der Waals surface area contributed by atoms with Crippen molar-refractivity contribution in [2.24, 2.45) is 5.92 Å². The molecule has 2 fully saturated rings. The summed E-state index contributed by atoms with van der Waals surface area (Å²) < 4.78 is 5.19. The van der Waals surface area contributed by atoms with Crippen LogP contribution in [-0.2, 0) is 9.53 Å². The molecule has 0 bridgehead atoms. The van der Waals surface area contributed by atoms with Gasteiger partial charge in [0, 0.05) is 5.92 Å². The second-order valence-corrected chi connectivity index (χ2v) is 4.15. The van der Waals surface area contributed by atoms with E-state index < -0.39 is 0 Å². The van der Waals surface area contributed by atoms with Crippen molar-refractivity contribution in [2.75, 3.05) is 0 Å². The maximum absolute atomic E-state index is 11.1. The van der Waals surface area contributed by atoms with Gasteiger partial charge in [0.15, 0.2) is 0 Å². The Morgan fingerprint density at radius 1 is 1.25 bits per heavy atom. The molecule has 0 N–H and O–H groups in total. The highest BCUT2D eigenvalue weighted by Crippen LogP contribution is 2.36. The summed E-state index contributed by atoms with van der Waals surface area (Å²) in [5, 5.41) is -0.368. The van der Waals surface area contributed by atoms with E-state index in [4.69, 9.17) is 16.3 Å². The highest BCUT2D eigenvalue weighted by atomic mass is 35.5. The Kier molecular flexibility index (Phi) is 2.26. The number of esters is 1. The Morgan fingerprint density at radius 3 is 2.83 bits per heavy atom. The summed E-state index contributed by atoms with van der Waals surface area (Å²) in [6.07, 6.45) is 5.83. The fraction of sp³-hybridized carbons (Fsp3) is 0.889. The topological polar surface area (TPSA) is 26.3 Å². The molecule has 0 radical (unpaired) electrons. The molecule has 0 spiro atoms. The van der Waals surface area contributed by atoms with Gasteiger partial charge in [-0.05, 0) is 19.3 Å². The minimum atomic E-state index is -0.368. The lowest BCUT2D eigenvalue weighted by Gasteiger charge is -2.13. The first-order valence-electron chi connectivity index (χ1n) is 4.63. The zero-order valence-corrected chi connectivity index (χ0v) is 7.72. The quantitative estimate of drug-likeness (QED) is 0.430. The molecule has 2 rings (SSSR count). The summed E-state index contributed by atoms with van der Waals surface area (Å²) >= 11 is 5.93. The Balaban J connectivity index is 2.09. The van der Waals surface area contributed by atoms with Gasteiger partial charge in [-0.15, -0.1) is 11.6 Å². The van der Waals surface area contributed by atoms with E-state index in [1.807, 2.05) is 0 Å². The van der Waals surface area contributed by atoms with Crippen molar-refractivity contribution in [3.63, 3.8) is 0 Å². The Bertz CT molecular complexity index is 193. The molecular formula is C9H13ClO2. The Morgan fingerprint density at radius 2 is 2.00 bits per heavy atom. The Hall–Kier alpha value is -0.240. The van der Waals surface area contributed by atoms with Crippen LogP contribution in [0.15, 0.2) is 0 Å². The normalized spacial score (nSPS) is 41.8. The lowest BCUT2D eigenvalue weighted by molar-refractivity contribution is -0.141. The SMILES string of the molecule is O=C1O[C@H]2CCCCC[C@@H]2[C@H]1Cl. The van der Waals surface area contributed by atoms with Gasteiger partial charge in [-0.1, -0.05) is 12.8 Å². The molecule has 3 heteroatoms. The third-order valence-electron chi connectivity index (χ3n) is 2.87. The van der Waals surface area contributed by atoms with Crippen molar-refractivity contribution in [3.05, 3.63) is 0 Å². The molecule has 1 aliphatic heterocycles. The van der Waals surface area contributed by atoms with Gasteiger partial charge in [-0.2, -0.15) is 0 Å². The van der Waals surface area contributed by atoms with E-state index in [9.17, 15) is 4.79 Å². The number of hydrogen-bond donors (Lipinski definition) is 0. The van der Waals surface area contributed by atoms with E-state index >= 15 is 0 Å². The number of carbonyl (C=O) groups excluding carboxylic acids is 1. The minimum absolute atomic E-state index is 0.127. The Labute approximate surface area is 77.2 Å². The first-order valence-corrected chi connectivity index (χ1v) is 5.07. The summed E-state index contributed by atoms with van der Waals surface area (Å²) in [5.41, 5.74) is 0. The van der Waals surface area contributed by atoms with E-state index in [1.165, 1.54) is 19.3 Å². The van der Waals surface area contributed by atoms with Gasteiger partial charge < -0.3 is 4.74 Å². The van der Waals surface area contributed by atoms with Gasteiger partial charge in [0.2, 0.25) is 0 Å². The molecule has 0 unspecified atom stereocenters. The van der Waals surface area contributed by atoms with E-state index in [0.717, 1.165) is 12.8 Å². The summed E-state index contributed by atoms with van der Waals surface area (Å²) in [5.74, 6) is 0.0928. The van der Waals surface area contributed by atoms with Crippen molar-refractivity contribution < 1.29 is 9.53 Å². The molecule has 0 aromatic rings. The maximum Gasteiger partial charge on any atom is 0.324 e. The average Bonchev–Trinajstić information content (AvgIpc) is 2.30. The van der Waals surface area contributed by atoms with E-state index in [2.05, 4.69) is 0 Å². The number of ether oxygens (including phenoxy) is 1. The van der Waals surface area contributed by atoms with Crippen molar-refractivity contribution in [3.8, 4) is 0 Å². The standard InChI is InChI=1S/C9H13ClO2/c10-8-6-4-2-1-3-5-7(6)12-9(8)11/h6-8H,1-5H2/t6-,7-,8+/m0/s1. The summed E-state index contributed by atoms with van der Waals surface area (Å²) in [6, 6.07) is 0. The van der Waals surface area contributed by atoms with Crippen LogP contribution >= 0.6 is 11.6 Å². The first kappa shape index (κ1) is 8.36. The number of carbonyl (C=O) groups is 1. The number of halogens is 1. The zero-order chi connectivity index (χ0) is 8.55. The smallest absolute Gasteiger partial charge is 0.324 e. The van der Waals surface area contributed by atoms with Crippen LogP contribution in [0, 0.1) is 5.92 Å². The second kappa shape index (κ2) is 3.25. The van der Waals surface area contributed by atoms with Crippen molar-refractivity contribution in [1.29, 1.82) is 0 Å². The molecule has 12 heavy (non-hydrogen) atoms. The van der Waals surface area contributed by atoms with Crippen LogP contribution < -0.4 is 0 Å². The molecule has 1 saturated carbocycles. The maximum atomic E-state index is 11.1.